The molecule has 3 heteroatoms. The molecule has 0 bridgehead atoms. The molecule has 1 N–H and O–H groups in total. The number of hydrogen-bond acceptors (Lipinski definition) is 1. The Labute approximate surface area is 48.9 Å². The third-order valence-electron chi connectivity index (χ3n) is 0.764. The molecule has 0 aliphatic carbocycles. The lowest BCUT2D eigenvalue weighted by atomic mass is 10.5. The molecule has 47 valence electrons. The second kappa shape index (κ2) is 3.29. The predicted molar refractivity (Wildman–Crippen MR) is 30.4 cm³/mol. The molecule has 1 amide bonds. The van der Waals surface area contributed by atoms with E-state index >= 15 is 0 Å². The Bertz CT molecular complexity index is 82.5. The summed E-state index contributed by atoms with van der Waals surface area (Å²) in [5, 5.41) is 8.18. The zero-order chi connectivity index (χ0) is 6.57. The molecule has 0 aromatic rings. The molecular weight excluding hydrogens is 106 g/mol. The van der Waals surface area contributed by atoms with Gasteiger partial charge in [-0.05, 0) is 6.42 Å². The first kappa shape index (κ1) is 7.27. The Morgan fingerprint density at radius 2 is 2.38 bits per heavy atom. The van der Waals surface area contributed by atoms with Gasteiger partial charge in [0.05, 0.1) is 0 Å². The summed E-state index contributed by atoms with van der Waals surface area (Å²) in [5.41, 5.74) is 0. The van der Waals surface area contributed by atoms with Crippen molar-refractivity contribution in [3.63, 3.8) is 0 Å². The van der Waals surface area contributed by atoms with E-state index in [4.69, 9.17) is 5.11 Å². The Morgan fingerprint density at radius 1 is 1.88 bits per heavy atom. The van der Waals surface area contributed by atoms with E-state index in [0.29, 0.717) is 6.54 Å². The molecule has 3 nitrogen and oxygen atoms in total. The van der Waals surface area contributed by atoms with Crippen LogP contribution in [-0.4, -0.2) is 22.6 Å². The number of nitrogens with zero attached hydrogens (tertiary/aromatic N) is 1. The van der Waals surface area contributed by atoms with E-state index in [9.17, 15) is 4.79 Å². The number of carbonyl (C=O) groups is 1. The maximum Gasteiger partial charge on any atom is 0.407 e. The van der Waals surface area contributed by atoms with Gasteiger partial charge in [-0.1, -0.05) is 6.92 Å². The van der Waals surface area contributed by atoms with Gasteiger partial charge in [0.2, 0.25) is 0 Å². The van der Waals surface area contributed by atoms with E-state index in [1.54, 1.807) is 0 Å². The Balaban J connectivity index is 3.32. The fourth-order valence-electron chi connectivity index (χ4n) is 0.366. The van der Waals surface area contributed by atoms with Gasteiger partial charge in [0.25, 0.3) is 0 Å². The van der Waals surface area contributed by atoms with Crippen LogP contribution in [0.25, 0.3) is 0 Å². The normalized spacial score (nSPS) is 8.75. The van der Waals surface area contributed by atoms with Gasteiger partial charge >= 0.3 is 6.09 Å². The summed E-state index contributed by atoms with van der Waals surface area (Å²) in [4.78, 5) is 11.0. The average Bonchev–Trinajstić information content (AvgIpc) is 1.67. The van der Waals surface area contributed by atoms with E-state index in [1.165, 1.54) is 0 Å². The smallest absolute Gasteiger partial charge is 0.407 e. The summed E-state index contributed by atoms with van der Waals surface area (Å²) in [6.07, 6.45) is -0.151. The van der Waals surface area contributed by atoms with Gasteiger partial charge in [-0.25, -0.2) is 4.79 Å². The SMILES string of the molecule is [CH2]N(CCC)C(=O)O. The number of carboxylic acid groups (broad SMARTS) is 1. The summed E-state index contributed by atoms with van der Waals surface area (Å²) in [7, 11) is 3.26. The third-order valence-corrected chi connectivity index (χ3v) is 0.764. The molecule has 0 spiro atoms. The number of hydrogen-bond donors (Lipinski definition) is 1. The maximum absolute atomic E-state index is 9.95. The molecule has 0 saturated carbocycles. The number of rotatable bonds is 2. The van der Waals surface area contributed by atoms with Crippen LogP contribution in [0.2, 0.25) is 0 Å². The molecule has 0 fully saturated rings. The van der Waals surface area contributed by atoms with Crippen molar-refractivity contribution in [1.82, 2.24) is 4.90 Å². The first-order valence-corrected chi connectivity index (χ1v) is 2.49. The monoisotopic (exact) mass is 116 g/mol. The third kappa shape index (κ3) is 2.44. The summed E-state index contributed by atoms with van der Waals surface area (Å²) in [6, 6.07) is 0. The van der Waals surface area contributed by atoms with Gasteiger partial charge in [-0.2, -0.15) is 0 Å². The second-order valence-corrected chi connectivity index (χ2v) is 1.55. The van der Waals surface area contributed by atoms with Crippen molar-refractivity contribution in [3.8, 4) is 0 Å². The largest absolute Gasteiger partial charge is 0.465 e. The molecule has 0 atom stereocenters. The van der Waals surface area contributed by atoms with Crippen molar-refractivity contribution in [2.45, 2.75) is 13.3 Å². The molecule has 0 unspecified atom stereocenters. The van der Waals surface area contributed by atoms with Crippen LogP contribution in [0.15, 0.2) is 0 Å². The minimum absolute atomic E-state index is 0.509. The van der Waals surface area contributed by atoms with E-state index in [1.807, 2.05) is 6.92 Å². The lowest BCUT2D eigenvalue weighted by Gasteiger charge is -2.08. The summed E-state index contributed by atoms with van der Waals surface area (Å²) >= 11 is 0. The van der Waals surface area contributed by atoms with E-state index in [2.05, 4.69) is 7.05 Å². The summed E-state index contributed by atoms with van der Waals surface area (Å²) in [5.74, 6) is 0. The van der Waals surface area contributed by atoms with Gasteiger partial charge in [0.15, 0.2) is 0 Å². The van der Waals surface area contributed by atoms with Crippen molar-refractivity contribution in [3.05, 3.63) is 7.05 Å². The molecule has 0 aromatic carbocycles. The highest BCUT2D eigenvalue weighted by atomic mass is 16.4. The maximum atomic E-state index is 9.95. The highest BCUT2D eigenvalue weighted by Crippen LogP contribution is 1.86. The predicted octanol–water partition coefficient (Wildman–Crippen LogP) is 1.17. The standard InChI is InChI=1S/C5H10NO2/c1-3-4-6(2)5(7)8/h2-4H2,1H3,(H,7,8). The van der Waals surface area contributed by atoms with Gasteiger partial charge < -0.3 is 10.0 Å². The van der Waals surface area contributed by atoms with Crippen LogP contribution in [0.5, 0.6) is 0 Å². The lowest BCUT2D eigenvalue weighted by molar-refractivity contribution is 0.162. The van der Waals surface area contributed by atoms with Gasteiger partial charge in [-0.15, -0.1) is 0 Å². The van der Waals surface area contributed by atoms with Crippen molar-refractivity contribution in [2.24, 2.45) is 0 Å². The zero-order valence-corrected chi connectivity index (χ0v) is 4.92. The van der Waals surface area contributed by atoms with Crippen LogP contribution >= 0.6 is 0 Å². The molecule has 0 aliphatic heterocycles. The van der Waals surface area contributed by atoms with Crippen molar-refractivity contribution in [1.29, 1.82) is 0 Å². The molecule has 8 heavy (non-hydrogen) atoms. The molecular formula is C5H10NO2. The first-order chi connectivity index (χ1) is 3.68. The molecule has 0 aromatic heterocycles. The minimum Gasteiger partial charge on any atom is -0.465 e. The molecule has 1 radical (unpaired) electrons. The van der Waals surface area contributed by atoms with Crippen molar-refractivity contribution >= 4 is 6.09 Å². The van der Waals surface area contributed by atoms with Crippen LogP contribution in [0.1, 0.15) is 13.3 Å². The average molecular weight is 116 g/mol. The summed E-state index contributed by atoms with van der Waals surface area (Å²) < 4.78 is 0. The fourth-order valence-corrected chi connectivity index (χ4v) is 0.366. The molecule has 0 rings (SSSR count). The lowest BCUT2D eigenvalue weighted by Crippen LogP contribution is -2.22. The van der Waals surface area contributed by atoms with E-state index in [0.717, 1.165) is 11.3 Å². The van der Waals surface area contributed by atoms with E-state index < -0.39 is 6.09 Å². The van der Waals surface area contributed by atoms with Gasteiger partial charge in [-0.3, -0.25) is 0 Å². The Hall–Kier alpha value is -0.730. The minimum atomic E-state index is -0.966. The van der Waals surface area contributed by atoms with Gasteiger partial charge in [0, 0.05) is 13.6 Å². The van der Waals surface area contributed by atoms with E-state index in [-0.39, 0.29) is 0 Å². The molecule has 0 aliphatic rings. The second-order valence-electron chi connectivity index (χ2n) is 1.55. The Morgan fingerprint density at radius 3 is 2.50 bits per heavy atom. The van der Waals surface area contributed by atoms with Crippen molar-refractivity contribution in [2.75, 3.05) is 6.54 Å². The topological polar surface area (TPSA) is 40.5 Å². The van der Waals surface area contributed by atoms with Crippen molar-refractivity contribution < 1.29 is 9.90 Å². The quantitative estimate of drug-likeness (QED) is 0.588. The van der Waals surface area contributed by atoms with Gasteiger partial charge in [0.1, 0.15) is 0 Å². The number of amides is 1. The van der Waals surface area contributed by atoms with Crippen LogP contribution in [0.4, 0.5) is 4.79 Å². The zero-order valence-electron chi connectivity index (χ0n) is 4.92. The molecule has 0 saturated heterocycles. The van der Waals surface area contributed by atoms with Crippen LogP contribution in [0.3, 0.4) is 0 Å². The fraction of sp³-hybridized carbons (Fsp3) is 0.600. The highest BCUT2D eigenvalue weighted by molar-refractivity contribution is 5.64. The molecule has 0 heterocycles. The van der Waals surface area contributed by atoms with Crippen LogP contribution in [0, 0.1) is 7.05 Å². The Kier molecular flexibility index (Phi) is 2.99. The van der Waals surface area contributed by atoms with Crippen LogP contribution in [-0.2, 0) is 0 Å². The highest BCUT2D eigenvalue weighted by Gasteiger charge is 2.00. The first-order valence-electron chi connectivity index (χ1n) is 2.49. The summed E-state index contributed by atoms with van der Waals surface area (Å²) in [6.45, 7) is 2.41. The van der Waals surface area contributed by atoms with Crippen LogP contribution < -0.4 is 0 Å².